The SMILES string of the molecule is C[C@H](N)C(=O)O[C@@H](C)[C@H](Oc1ccccc1Cl)c1ccccc1. The summed E-state index contributed by atoms with van der Waals surface area (Å²) in [5.41, 5.74) is 6.45. The van der Waals surface area contributed by atoms with Crippen molar-refractivity contribution in [1.29, 1.82) is 0 Å². The molecule has 2 aromatic rings. The van der Waals surface area contributed by atoms with Crippen molar-refractivity contribution in [1.82, 2.24) is 0 Å². The van der Waals surface area contributed by atoms with Crippen molar-refractivity contribution >= 4 is 17.6 Å². The van der Waals surface area contributed by atoms with Crippen LogP contribution in [-0.4, -0.2) is 18.1 Å². The highest BCUT2D eigenvalue weighted by molar-refractivity contribution is 6.32. The molecule has 0 radical (unpaired) electrons. The smallest absolute Gasteiger partial charge is 0.323 e. The molecule has 2 rings (SSSR count). The fourth-order valence-electron chi connectivity index (χ4n) is 2.11. The van der Waals surface area contributed by atoms with E-state index in [9.17, 15) is 4.79 Å². The molecule has 0 spiro atoms. The average molecular weight is 334 g/mol. The highest BCUT2D eigenvalue weighted by Gasteiger charge is 2.26. The molecule has 4 nitrogen and oxygen atoms in total. The van der Waals surface area contributed by atoms with Crippen LogP contribution in [0.1, 0.15) is 25.5 Å². The van der Waals surface area contributed by atoms with Gasteiger partial charge in [0.1, 0.15) is 17.9 Å². The molecular formula is C18H20ClNO3. The normalized spacial score (nSPS) is 14.6. The van der Waals surface area contributed by atoms with Crippen LogP contribution in [0.25, 0.3) is 0 Å². The number of nitrogens with two attached hydrogens (primary N) is 1. The summed E-state index contributed by atoms with van der Waals surface area (Å²) in [6.07, 6.45) is -1.01. The molecule has 0 aliphatic carbocycles. The second-order valence-corrected chi connectivity index (χ2v) is 5.72. The molecule has 0 aromatic heterocycles. The molecule has 5 heteroatoms. The number of carbonyl (C=O) groups is 1. The van der Waals surface area contributed by atoms with Gasteiger partial charge < -0.3 is 15.2 Å². The Morgan fingerprint density at radius 3 is 2.26 bits per heavy atom. The lowest BCUT2D eigenvalue weighted by molar-refractivity contribution is -0.154. The molecule has 0 amide bonds. The molecule has 2 N–H and O–H groups in total. The van der Waals surface area contributed by atoms with Crippen LogP contribution in [0, 0.1) is 0 Å². The molecule has 0 saturated heterocycles. The summed E-state index contributed by atoms with van der Waals surface area (Å²) < 4.78 is 11.4. The monoisotopic (exact) mass is 333 g/mol. The zero-order valence-electron chi connectivity index (χ0n) is 13.1. The first kappa shape index (κ1) is 17.3. The van der Waals surface area contributed by atoms with Crippen molar-refractivity contribution in [3.05, 3.63) is 65.2 Å². The van der Waals surface area contributed by atoms with E-state index in [1.54, 1.807) is 26.0 Å². The number of carbonyl (C=O) groups excluding carboxylic acids is 1. The number of rotatable bonds is 6. The van der Waals surface area contributed by atoms with E-state index in [-0.39, 0.29) is 0 Å². The number of para-hydroxylation sites is 1. The lowest BCUT2D eigenvalue weighted by atomic mass is 10.0. The van der Waals surface area contributed by atoms with Gasteiger partial charge in [0.2, 0.25) is 0 Å². The van der Waals surface area contributed by atoms with E-state index >= 15 is 0 Å². The van der Waals surface area contributed by atoms with Gasteiger partial charge in [-0.05, 0) is 31.5 Å². The van der Waals surface area contributed by atoms with Crippen LogP contribution >= 0.6 is 11.6 Å². The topological polar surface area (TPSA) is 61.6 Å². The molecule has 0 fully saturated rings. The third-order valence-corrected chi connectivity index (χ3v) is 3.63. The van der Waals surface area contributed by atoms with Crippen LogP contribution in [0.3, 0.4) is 0 Å². The molecule has 0 aliphatic heterocycles. The van der Waals surface area contributed by atoms with Crippen LogP contribution in [-0.2, 0) is 9.53 Å². The van der Waals surface area contributed by atoms with Crippen LogP contribution < -0.4 is 10.5 Å². The van der Waals surface area contributed by atoms with Crippen LogP contribution in [0.4, 0.5) is 0 Å². The Balaban J connectivity index is 2.25. The quantitative estimate of drug-likeness (QED) is 0.818. The zero-order valence-corrected chi connectivity index (χ0v) is 13.9. The predicted molar refractivity (Wildman–Crippen MR) is 90.5 cm³/mol. The van der Waals surface area contributed by atoms with Crippen LogP contribution in [0.2, 0.25) is 5.02 Å². The summed E-state index contributed by atoms with van der Waals surface area (Å²) in [6, 6.07) is 16.0. The summed E-state index contributed by atoms with van der Waals surface area (Å²) in [5, 5.41) is 0.499. The Morgan fingerprint density at radius 1 is 1.04 bits per heavy atom. The van der Waals surface area contributed by atoms with E-state index in [0.29, 0.717) is 10.8 Å². The Kier molecular flexibility index (Phi) is 6.02. The Bertz CT molecular complexity index is 646. The maximum Gasteiger partial charge on any atom is 0.323 e. The van der Waals surface area contributed by atoms with Crippen molar-refractivity contribution in [3.8, 4) is 5.75 Å². The lowest BCUT2D eigenvalue weighted by Crippen LogP contribution is -2.34. The summed E-state index contributed by atoms with van der Waals surface area (Å²) >= 11 is 6.16. The third-order valence-electron chi connectivity index (χ3n) is 3.32. The van der Waals surface area contributed by atoms with Gasteiger partial charge in [-0.15, -0.1) is 0 Å². The molecule has 23 heavy (non-hydrogen) atoms. The highest BCUT2D eigenvalue weighted by Crippen LogP contribution is 2.31. The lowest BCUT2D eigenvalue weighted by Gasteiger charge is -2.26. The third kappa shape index (κ3) is 4.71. The number of esters is 1. The van der Waals surface area contributed by atoms with Gasteiger partial charge in [-0.3, -0.25) is 4.79 Å². The highest BCUT2D eigenvalue weighted by atomic mass is 35.5. The number of hydrogen-bond donors (Lipinski definition) is 1. The first-order valence-corrected chi connectivity index (χ1v) is 7.79. The molecule has 0 bridgehead atoms. The minimum Gasteiger partial charge on any atom is -0.480 e. The fourth-order valence-corrected chi connectivity index (χ4v) is 2.29. The zero-order chi connectivity index (χ0) is 16.8. The standard InChI is InChI=1S/C18H20ClNO3/c1-12(20)18(21)22-13(2)17(14-8-4-3-5-9-14)23-16-11-7-6-10-15(16)19/h3-13,17H,20H2,1-2H3/t12-,13-,17-/m0/s1. The number of ether oxygens (including phenoxy) is 2. The van der Waals surface area contributed by atoms with E-state index in [0.717, 1.165) is 5.56 Å². The van der Waals surface area contributed by atoms with Gasteiger partial charge in [-0.25, -0.2) is 0 Å². The second-order valence-electron chi connectivity index (χ2n) is 5.31. The first-order valence-electron chi connectivity index (χ1n) is 7.41. The maximum absolute atomic E-state index is 11.8. The fraction of sp³-hybridized carbons (Fsp3) is 0.278. The minimum absolute atomic E-state index is 0.471. The van der Waals surface area contributed by atoms with Gasteiger partial charge in [0.15, 0.2) is 6.10 Å². The van der Waals surface area contributed by atoms with Crippen molar-refractivity contribution in [2.75, 3.05) is 0 Å². The molecule has 0 saturated carbocycles. The van der Waals surface area contributed by atoms with Crippen molar-refractivity contribution in [2.45, 2.75) is 32.1 Å². The van der Waals surface area contributed by atoms with Crippen molar-refractivity contribution < 1.29 is 14.3 Å². The molecule has 0 aliphatic rings. The van der Waals surface area contributed by atoms with E-state index in [1.165, 1.54) is 0 Å². The molecule has 3 atom stereocenters. The van der Waals surface area contributed by atoms with Gasteiger partial charge in [0, 0.05) is 0 Å². The molecule has 0 heterocycles. The van der Waals surface area contributed by atoms with Crippen molar-refractivity contribution in [3.63, 3.8) is 0 Å². The Hall–Kier alpha value is -2.04. The number of hydrogen-bond acceptors (Lipinski definition) is 4. The maximum atomic E-state index is 11.8. The average Bonchev–Trinajstić information content (AvgIpc) is 2.54. The first-order chi connectivity index (χ1) is 11.0. The van der Waals surface area contributed by atoms with E-state index < -0.39 is 24.2 Å². The second kappa shape index (κ2) is 7.99. The molecule has 2 aromatic carbocycles. The van der Waals surface area contributed by atoms with Gasteiger partial charge in [0.25, 0.3) is 0 Å². The predicted octanol–water partition coefficient (Wildman–Crippen LogP) is 3.74. The van der Waals surface area contributed by atoms with Crippen molar-refractivity contribution in [2.24, 2.45) is 5.73 Å². The Labute approximate surface area is 141 Å². The molecular weight excluding hydrogens is 314 g/mol. The van der Waals surface area contributed by atoms with Crippen LogP contribution in [0.15, 0.2) is 54.6 Å². The Morgan fingerprint density at radius 2 is 1.65 bits per heavy atom. The van der Waals surface area contributed by atoms with Gasteiger partial charge in [-0.2, -0.15) is 0 Å². The van der Waals surface area contributed by atoms with E-state index in [2.05, 4.69) is 0 Å². The van der Waals surface area contributed by atoms with E-state index in [1.807, 2.05) is 42.5 Å². The molecule has 122 valence electrons. The van der Waals surface area contributed by atoms with Crippen LogP contribution in [0.5, 0.6) is 5.75 Å². The van der Waals surface area contributed by atoms with Gasteiger partial charge in [0.05, 0.1) is 5.02 Å². The number of benzene rings is 2. The largest absolute Gasteiger partial charge is 0.480 e. The molecule has 0 unspecified atom stereocenters. The summed E-state index contributed by atoms with van der Waals surface area (Å²) in [5.74, 6) is 0.0629. The van der Waals surface area contributed by atoms with Gasteiger partial charge >= 0.3 is 5.97 Å². The summed E-state index contributed by atoms with van der Waals surface area (Å²) in [7, 11) is 0. The minimum atomic E-state index is -0.686. The van der Waals surface area contributed by atoms with E-state index in [4.69, 9.17) is 26.8 Å². The summed E-state index contributed by atoms with van der Waals surface area (Å²) in [6.45, 7) is 3.36. The van der Waals surface area contributed by atoms with Gasteiger partial charge in [-0.1, -0.05) is 54.1 Å². The number of halogens is 1. The summed E-state index contributed by atoms with van der Waals surface area (Å²) in [4.78, 5) is 11.8.